The molecule has 4 heteroatoms. The Labute approximate surface area is 110 Å². The molecule has 1 rings (SSSR count). The van der Waals surface area contributed by atoms with E-state index in [0.717, 1.165) is 18.9 Å². The molecule has 0 unspecified atom stereocenters. The van der Waals surface area contributed by atoms with Gasteiger partial charge in [0.25, 0.3) is 0 Å². The number of aliphatic hydroxyl groups excluding tert-OH is 1. The number of nitrogens with zero attached hydrogens (tertiary/aromatic N) is 2. The molecule has 102 valence electrons. The highest BCUT2D eigenvalue weighted by molar-refractivity contribution is 5.39. The van der Waals surface area contributed by atoms with Crippen molar-refractivity contribution in [3.63, 3.8) is 0 Å². The lowest BCUT2D eigenvalue weighted by Crippen LogP contribution is -2.35. The van der Waals surface area contributed by atoms with Crippen molar-refractivity contribution < 1.29 is 5.11 Å². The lowest BCUT2D eigenvalue weighted by Gasteiger charge is -2.22. The molecule has 1 aromatic heterocycles. The second-order valence-electron chi connectivity index (χ2n) is 5.43. The van der Waals surface area contributed by atoms with Crippen molar-refractivity contribution in [2.75, 3.05) is 24.6 Å². The third-order valence-corrected chi connectivity index (χ3v) is 2.71. The fraction of sp³-hybridized carbons (Fsp3) is 0.643. The maximum absolute atomic E-state index is 8.98. The Morgan fingerprint density at radius 2 is 2.06 bits per heavy atom. The molecule has 0 spiro atoms. The van der Waals surface area contributed by atoms with Gasteiger partial charge in [-0.05, 0) is 39.3 Å². The molecule has 0 bridgehead atoms. The first kappa shape index (κ1) is 14.9. The molecule has 2 N–H and O–H groups in total. The molecule has 0 aliphatic rings. The van der Waals surface area contributed by atoms with Crippen molar-refractivity contribution in [1.82, 2.24) is 10.3 Å². The summed E-state index contributed by atoms with van der Waals surface area (Å²) in [6, 6.07) is 4.10. The van der Waals surface area contributed by atoms with E-state index in [9.17, 15) is 0 Å². The van der Waals surface area contributed by atoms with Crippen LogP contribution in [0, 0.1) is 0 Å². The van der Waals surface area contributed by atoms with Gasteiger partial charge in [-0.15, -0.1) is 0 Å². The number of pyridine rings is 1. The zero-order chi connectivity index (χ0) is 13.6. The normalized spacial score (nSPS) is 11.6. The lowest BCUT2D eigenvalue weighted by molar-refractivity contribution is 0.302. The van der Waals surface area contributed by atoms with Gasteiger partial charge < -0.3 is 15.3 Å². The van der Waals surface area contributed by atoms with Crippen LogP contribution < -0.4 is 10.2 Å². The number of likely N-dealkylation sites (N-methyl/N-ethyl adjacent to an activating group) is 1. The second-order valence-corrected chi connectivity index (χ2v) is 5.43. The first-order chi connectivity index (χ1) is 8.46. The van der Waals surface area contributed by atoms with Crippen LogP contribution in [0.4, 0.5) is 5.82 Å². The molecular weight excluding hydrogens is 226 g/mol. The van der Waals surface area contributed by atoms with Crippen LogP contribution in [0.5, 0.6) is 0 Å². The summed E-state index contributed by atoms with van der Waals surface area (Å²) in [5.74, 6) is 0.922. The first-order valence-electron chi connectivity index (χ1n) is 6.52. The molecule has 0 saturated carbocycles. The minimum Gasteiger partial charge on any atom is -0.395 e. The zero-order valence-electron chi connectivity index (χ0n) is 11.9. The number of anilines is 1. The maximum Gasteiger partial charge on any atom is 0.128 e. The topological polar surface area (TPSA) is 48.4 Å². The summed E-state index contributed by atoms with van der Waals surface area (Å²) >= 11 is 0. The zero-order valence-corrected chi connectivity index (χ0v) is 11.9. The van der Waals surface area contributed by atoms with Crippen molar-refractivity contribution in [3.8, 4) is 0 Å². The minimum atomic E-state index is 0.116. The monoisotopic (exact) mass is 251 g/mol. The third-order valence-electron chi connectivity index (χ3n) is 2.71. The summed E-state index contributed by atoms with van der Waals surface area (Å²) in [5, 5.41) is 12.4. The molecule has 0 aliphatic heterocycles. The standard InChI is InChI=1S/C14H25N3O/c1-5-17(8-9-18)13-7-6-12(10-15-13)11-16-14(2,3)4/h6-7,10,16,18H,5,8-9,11H2,1-4H3. The van der Waals surface area contributed by atoms with Gasteiger partial charge in [-0.3, -0.25) is 0 Å². The summed E-state index contributed by atoms with van der Waals surface area (Å²) < 4.78 is 0. The first-order valence-corrected chi connectivity index (χ1v) is 6.52. The van der Waals surface area contributed by atoms with E-state index in [0.29, 0.717) is 6.54 Å². The van der Waals surface area contributed by atoms with E-state index in [4.69, 9.17) is 5.11 Å². The molecule has 18 heavy (non-hydrogen) atoms. The number of hydrogen-bond acceptors (Lipinski definition) is 4. The van der Waals surface area contributed by atoms with Crippen molar-refractivity contribution in [2.45, 2.75) is 39.8 Å². The molecule has 0 aliphatic carbocycles. The number of hydrogen-bond donors (Lipinski definition) is 2. The minimum absolute atomic E-state index is 0.116. The molecule has 0 amide bonds. The molecular formula is C14H25N3O. The van der Waals surface area contributed by atoms with Gasteiger partial charge in [0.05, 0.1) is 6.61 Å². The average molecular weight is 251 g/mol. The van der Waals surface area contributed by atoms with Crippen LogP contribution in [-0.4, -0.2) is 35.3 Å². The summed E-state index contributed by atoms with van der Waals surface area (Å²) in [4.78, 5) is 6.50. The fourth-order valence-electron chi connectivity index (χ4n) is 1.63. The van der Waals surface area contributed by atoms with E-state index < -0.39 is 0 Å². The molecule has 1 heterocycles. The largest absolute Gasteiger partial charge is 0.395 e. The molecule has 4 nitrogen and oxygen atoms in total. The highest BCUT2D eigenvalue weighted by Crippen LogP contribution is 2.11. The number of aromatic nitrogens is 1. The van der Waals surface area contributed by atoms with Crippen molar-refractivity contribution in [1.29, 1.82) is 0 Å². The van der Waals surface area contributed by atoms with Crippen LogP contribution in [0.1, 0.15) is 33.3 Å². The Hall–Kier alpha value is -1.13. The number of aliphatic hydroxyl groups is 1. The third kappa shape index (κ3) is 5.02. The maximum atomic E-state index is 8.98. The van der Waals surface area contributed by atoms with Gasteiger partial charge in [0.1, 0.15) is 5.82 Å². The summed E-state index contributed by atoms with van der Waals surface area (Å²) in [6.45, 7) is 11.0. The van der Waals surface area contributed by atoms with Gasteiger partial charge in [0.2, 0.25) is 0 Å². The average Bonchev–Trinajstić information content (AvgIpc) is 2.33. The van der Waals surface area contributed by atoms with Gasteiger partial charge >= 0.3 is 0 Å². The van der Waals surface area contributed by atoms with E-state index in [-0.39, 0.29) is 12.1 Å². The van der Waals surface area contributed by atoms with Crippen LogP contribution in [0.3, 0.4) is 0 Å². The predicted octanol–water partition coefficient (Wildman–Crippen LogP) is 1.79. The van der Waals surface area contributed by atoms with Gasteiger partial charge in [-0.1, -0.05) is 6.07 Å². The predicted molar refractivity (Wildman–Crippen MR) is 75.8 cm³/mol. The van der Waals surface area contributed by atoms with Gasteiger partial charge in [0.15, 0.2) is 0 Å². The Kier molecular flexibility index (Phi) is 5.56. The molecule has 1 aromatic rings. The highest BCUT2D eigenvalue weighted by atomic mass is 16.3. The Balaban J connectivity index is 2.61. The van der Waals surface area contributed by atoms with Crippen molar-refractivity contribution in [2.24, 2.45) is 0 Å². The molecule has 0 aromatic carbocycles. The van der Waals surface area contributed by atoms with Crippen molar-refractivity contribution >= 4 is 5.82 Å². The van der Waals surface area contributed by atoms with Gasteiger partial charge in [0, 0.05) is 31.4 Å². The van der Waals surface area contributed by atoms with E-state index >= 15 is 0 Å². The van der Waals surface area contributed by atoms with Crippen LogP contribution in [-0.2, 0) is 6.54 Å². The molecule has 0 radical (unpaired) electrons. The molecule has 0 saturated heterocycles. The quantitative estimate of drug-likeness (QED) is 0.809. The van der Waals surface area contributed by atoms with Crippen LogP contribution in [0.25, 0.3) is 0 Å². The smallest absolute Gasteiger partial charge is 0.128 e. The number of nitrogens with one attached hydrogen (secondary N) is 1. The van der Waals surface area contributed by atoms with E-state index in [1.165, 1.54) is 5.56 Å². The highest BCUT2D eigenvalue weighted by Gasteiger charge is 2.09. The van der Waals surface area contributed by atoms with Crippen LogP contribution >= 0.6 is 0 Å². The summed E-state index contributed by atoms with van der Waals surface area (Å²) in [7, 11) is 0. The number of rotatable bonds is 6. The van der Waals surface area contributed by atoms with Crippen molar-refractivity contribution in [3.05, 3.63) is 23.9 Å². The lowest BCUT2D eigenvalue weighted by atomic mass is 10.1. The Bertz CT molecular complexity index is 343. The summed E-state index contributed by atoms with van der Waals surface area (Å²) in [5.41, 5.74) is 1.29. The van der Waals surface area contributed by atoms with E-state index in [1.807, 2.05) is 12.3 Å². The van der Waals surface area contributed by atoms with Gasteiger partial charge in [-0.2, -0.15) is 0 Å². The second kappa shape index (κ2) is 6.71. The molecule has 0 fully saturated rings. The van der Waals surface area contributed by atoms with E-state index in [2.05, 4.69) is 49.0 Å². The fourth-order valence-corrected chi connectivity index (χ4v) is 1.63. The SMILES string of the molecule is CCN(CCO)c1ccc(CNC(C)(C)C)cn1. The van der Waals surface area contributed by atoms with Gasteiger partial charge in [-0.25, -0.2) is 4.98 Å². The van der Waals surface area contributed by atoms with E-state index in [1.54, 1.807) is 0 Å². The molecule has 0 atom stereocenters. The Morgan fingerprint density at radius 1 is 1.33 bits per heavy atom. The van der Waals surface area contributed by atoms with Crippen LogP contribution in [0.15, 0.2) is 18.3 Å². The summed E-state index contributed by atoms with van der Waals surface area (Å²) in [6.07, 6.45) is 1.90. The Morgan fingerprint density at radius 3 is 2.50 bits per heavy atom. The van der Waals surface area contributed by atoms with Crippen LogP contribution in [0.2, 0.25) is 0 Å².